The molecular formula is C10H16ClNO3. The third-order valence-corrected chi connectivity index (χ3v) is 2.35. The van der Waals surface area contributed by atoms with E-state index in [1.54, 1.807) is 38.2 Å². The highest BCUT2D eigenvalue weighted by Gasteiger charge is 2.36. The largest absolute Gasteiger partial charge is 0.359 e. The second kappa shape index (κ2) is 6.05. The van der Waals surface area contributed by atoms with Crippen molar-refractivity contribution in [2.75, 3.05) is 7.05 Å². The summed E-state index contributed by atoms with van der Waals surface area (Å²) in [6, 6.07) is 8.30. The highest BCUT2D eigenvalue weighted by molar-refractivity contribution is 5.85. The van der Waals surface area contributed by atoms with Crippen molar-refractivity contribution in [2.24, 2.45) is 0 Å². The molecule has 2 unspecified atom stereocenters. The molecule has 1 aromatic carbocycles. The number of nitrogens with one attached hydrogen (secondary N) is 1. The van der Waals surface area contributed by atoms with Crippen molar-refractivity contribution < 1.29 is 15.3 Å². The molecule has 0 fully saturated rings. The maximum absolute atomic E-state index is 10.0. The Morgan fingerprint density at radius 2 is 1.87 bits per heavy atom. The lowest BCUT2D eigenvalue weighted by Gasteiger charge is -2.30. The quantitative estimate of drug-likeness (QED) is 0.417. The summed E-state index contributed by atoms with van der Waals surface area (Å²) in [6.45, 7) is 1.71. The van der Waals surface area contributed by atoms with Gasteiger partial charge in [0.25, 0.3) is 0 Å². The molecule has 5 heteroatoms. The monoisotopic (exact) mass is 233 g/mol. The first-order chi connectivity index (χ1) is 6.65. The molecule has 0 amide bonds. The van der Waals surface area contributed by atoms with Crippen LogP contribution in [0.3, 0.4) is 0 Å². The normalized spacial score (nSPS) is 16.3. The number of rotatable bonds is 4. The van der Waals surface area contributed by atoms with Crippen LogP contribution in [0.25, 0.3) is 0 Å². The van der Waals surface area contributed by atoms with E-state index in [2.05, 4.69) is 10.2 Å². The minimum absolute atomic E-state index is 0. The highest BCUT2D eigenvalue weighted by atomic mass is 35.5. The zero-order valence-corrected chi connectivity index (χ0v) is 9.49. The minimum Gasteiger partial charge on any atom is -0.359 e. The standard InChI is InChI=1S/C10H15NO3.ClH/c1-8(11-2)10(12,14-13)9-6-4-3-5-7-9;/h3-8,11-13H,1-2H3;1H. The van der Waals surface area contributed by atoms with Crippen molar-refractivity contribution in [1.29, 1.82) is 0 Å². The van der Waals surface area contributed by atoms with E-state index in [1.165, 1.54) is 0 Å². The fourth-order valence-corrected chi connectivity index (χ4v) is 1.25. The number of hydrogen-bond acceptors (Lipinski definition) is 4. The van der Waals surface area contributed by atoms with E-state index >= 15 is 0 Å². The molecule has 15 heavy (non-hydrogen) atoms. The number of hydrogen-bond donors (Lipinski definition) is 3. The Morgan fingerprint density at radius 3 is 2.27 bits per heavy atom. The minimum atomic E-state index is -1.71. The van der Waals surface area contributed by atoms with Crippen LogP contribution >= 0.6 is 12.4 Å². The first kappa shape index (κ1) is 14.3. The molecule has 0 heterocycles. The summed E-state index contributed by atoms with van der Waals surface area (Å²) in [5.41, 5.74) is 0.504. The maximum Gasteiger partial charge on any atom is 0.240 e. The Hall–Kier alpha value is -0.650. The van der Waals surface area contributed by atoms with E-state index in [9.17, 15) is 5.11 Å². The van der Waals surface area contributed by atoms with E-state index in [0.717, 1.165) is 0 Å². The van der Waals surface area contributed by atoms with Gasteiger partial charge in [0, 0.05) is 5.56 Å². The van der Waals surface area contributed by atoms with Crippen molar-refractivity contribution in [3.05, 3.63) is 35.9 Å². The van der Waals surface area contributed by atoms with Gasteiger partial charge in [-0.05, 0) is 14.0 Å². The van der Waals surface area contributed by atoms with Crippen molar-refractivity contribution in [3.63, 3.8) is 0 Å². The molecule has 0 saturated heterocycles. The maximum atomic E-state index is 10.0. The fourth-order valence-electron chi connectivity index (χ4n) is 1.25. The van der Waals surface area contributed by atoms with Gasteiger partial charge in [-0.25, -0.2) is 5.26 Å². The van der Waals surface area contributed by atoms with Crippen molar-refractivity contribution in [1.82, 2.24) is 5.32 Å². The smallest absolute Gasteiger partial charge is 0.240 e. The molecule has 0 aliphatic rings. The van der Waals surface area contributed by atoms with Gasteiger partial charge in [-0.2, -0.15) is 4.89 Å². The molecule has 0 bridgehead atoms. The third kappa shape index (κ3) is 2.90. The Labute approximate surface area is 95.2 Å². The van der Waals surface area contributed by atoms with Crippen LogP contribution in [0, 0.1) is 0 Å². The van der Waals surface area contributed by atoms with Crippen molar-refractivity contribution in [2.45, 2.75) is 18.8 Å². The summed E-state index contributed by atoms with van der Waals surface area (Å²) in [5.74, 6) is -1.71. The average molecular weight is 234 g/mol. The molecule has 3 N–H and O–H groups in total. The Bertz CT molecular complexity index is 283. The lowest BCUT2D eigenvalue weighted by molar-refractivity contribution is -0.408. The van der Waals surface area contributed by atoms with Crippen LogP contribution in [0.4, 0.5) is 0 Å². The van der Waals surface area contributed by atoms with Crippen LogP contribution in [0.2, 0.25) is 0 Å². The number of likely N-dealkylation sites (N-methyl/N-ethyl adjacent to an activating group) is 1. The Kier molecular flexibility index (Phi) is 5.79. The number of aliphatic hydroxyl groups is 1. The summed E-state index contributed by atoms with van der Waals surface area (Å²) < 4.78 is 0. The molecule has 0 aliphatic heterocycles. The first-order valence-electron chi connectivity index (χ1n) is 4.43. The molecule has 0 spiro atoms. The molecular weight excluding hydrogens is 218 g/mol. The van der Waals surface area contributed by atoms with Crippen LogP contribution in [0.5, 0.6) is 0 Å². The van der Waals surface area contributed by atoms with Crippen LogP contribution < -0.4 is 5.32 Å². The first-order valence-corrected chi connectivity index (χ1v) is 4.43. The number of benzene rings is 1. The molecule has 0 saturated carbocycles. The molecule has 0 aromatic heterocycles. The number of halogens is 1. The summed E-state index contributed by atoms with van der Waals surface area (Å²) >= 11 is 0. The molecule has 2 atom stereocenters. The van der Waals surface area contributed by atoms with Gasteiger partial charge in [-0.15, -0.1) is 12.4 Å². The summed E-state index contributed by atoms with van der Waals surface area (Å²) in [4.78, 5) is 4.17. The second-order valence-corrected chi connectivity index (χ2v) is 3.16. The topological polar surface area (TPSA) is 61.7 Å². The van der Waals surface area contributed by atoms with Gasteiger partial charge in [-0.3, -0.25) is 0 Å². The van der Waals surface area contributed by atoms with Crippen LogP contribution in [0.1, 0.15) is 12.5 Å². The van der Waals surface area contributed by atoms with Crippen molar-refractivity contribution in [3.8, 4) is 0 Å². The summed E-state index contributed by atoms with van der Waals surface area (Å²) in [6.07, 6.45) is 0. The van der Waals surface area contributed by atoms with Gasteiger partial charge in [0.2, 0.25) is 5.79 Å². The Morgan fingerprint density at radius 1 is 1.33 bits per heavy atom. The second-order valence-electron chi connectivity index (χ2n) is 3.16. The molecule has 86 valence electrons. The molecule has 4 nitrogen and oxygen atoms in total. The van der Waals surface area contributed by atoms with Gasteiger partial charge in [0.1, 0.15) is 0 Å². The average Bonchev–Trinajstić information content (AvgIpc) is 2.28. The van der Waals surface area contributed by atoms with Crippen molar-refractivity contribution >= 4 is 12.4 Å². The van der Waals surface area contributed by atoms with Crippen LogP contribution in [-0.2, 0) is 10.7 Å². The predicted octanol–water partition coefficient (Wildman–Crippen LogP) is 1.35. The summed E-state index contributed by atoms with van der Waals surface area (Å²) in [5, 5.41) is 21.6. The molecule has 1 rings (SSSR count). The highest BCUT2D eigenvalue weighted by Crippen LogP contribution is 2.25. The molecule has 1 aromatic rings. The van der Waals surface area contributed by atoms with Crippen LogP contribution in [0.15, 0.2) is 30.3 Å². The zero-order valence-electron chi connectivity index (χ0n) is 8.68. The van der Waals surface area contributed by atoms with Gasteiger partial charge in [0.05, 0.1) is 6.04 Å². The predicted molar refractivity (Wildman–Crippen MR) is 59.8 cm³/mol. The van der Waals surface area contributed by atoms with Crippen LogP contribution in [-0.4, -0.2) is 23.5 Å². The zero-order chi connectivity index (χ0) is 10.6. The van der Waals surface area contributed by atoms with Gasteiger partial charge < -0.3 is 10.4 Å². The van der Waals surface area contributed by atoms with E-state index in [-0.39, 0.29) is 12.4 Å². The summed E-state index contributed by atoms with van der Waals surface area (Å²) in [7, 11) is 1.68. The lowest BCUT2D eigenvalue weighted by Crippen LogP contribution is -2.46. The van der Waals surface area contributed by atoms with E-state index in [0.29, 0.717) is 5.56 Å². The van der Waals surface area contributed by atoms with E-state index in [4.69, 9.17) is 5.26 Å². The molecule has 0 radical (unpaired) electrons. The Balaban J connectivity index is 0.00000196. The van der Waals surface area contributed by atoms with E-state index in [1.807, 2.05) is 6.07 Å². The van der Waals surface area contributed by atoms with Gasteiger partial charge in [0.15, 0.2) is 0 Å². The lowest BCUT2D eigenvalue weighted by atomic mass is 9.99. The molecule has 0 aliphatic carbocycles. The third-order valence-electron chi connectivity index (χ3n) is 2.35. The van der Waals surface area contributed by atoms with E-state index < -0.39 is 11.8 Å². The fraction of sp³-hybridized carbons (Fsp3) is 0.400. The van der Waals surface area contributed by atoms with Gasteiger partial charge in [-0.1, -0.05) is 30.3 Å². The van der Waals surface area contributed by atoms with Gasteiger partial charge >= 0.3 is 0 Å². The SMILES string of the molecule is CNC(C)C(O)(OO)c1ccccc1.Cl.